The van der Waals surface area contributed by atoms with Gasteiger partial charge in [0, 0.05) is 18.9 Å². The van der Waals surface area contributed by atoms with Gasteiger partial charge in [-0.15, -0.1) is 0 Å². The summed E-state index contributed by atoms with van der Waals surface area (Å²) in [4.78, 5) is 8.21. The first-order chi connectivity index (χ1) is 8.16. The molecule has 4 heteroatoms. The fourth-order valence-electron chi connectivity index (χ4n) is 1.53. The average Bonchev–Trinajstić information content (AvgIpc) is 2.32. The SMILES string of the molecule is Cc1ccncc1CNc1cnc(Cl)c(C)c1. The van der Waals surface area contributed by atoms with E-state index in [0.29, 0.717) is 5.15 Å². The predicted octanol–water partition coefficient (Wildman–Crippen LogP) is 3.36. The van der Waals surface area contributed by atoms with E-state index in [1.165, 1.54) is 11.1 Å². The van der Waals surface area contributed by atoms with Crippen LogP contribution in [0.1, 0.15) is 16.7 Å². The Labute approximate surface area is 106 Å². The Morgan fingerprint density at radius 3 is 2.76 bits per heavy atom. The van der Waals surface area contributed by atoms with Crippen LogP contribution >= 0.6 is 11.6 Å². The van der Waals surface area contributed by atoms with Gasteiger partial charge >= 0.3 is 0 Å². The smallest absolute Gasteiger partial charge is 0.132 e. The Morgan fingerprint density at radius 2 is 2.06 bits per heavy atom. The zero-order valence-electron chi connectivity index (χ0n) is 9.87. The molecule has 3 nitrogen and oxygen atoms in total. The van der Waals surface area contributed by atoms with E-state index >= 15 is 0 Å². The number of anilines is 1. The minimum absolute atomic E-state index is 0.549. The first kappa shape index (κ1) is 11.9. The largest absolute Gasteiger partial charge is 0.380 e. The van der Waals surface area contributed by atoms with Crippen molar-refractivity contribution in [2.45, 2.75) is 20.4 Å². The Balaban J connectivity index is 2.08. The molecule has 0 aromatic carbocycles. The summed E-state index contributed by atoms with van der Waals surface area (Å²) in [6.45, 7) is 4.75. The molecule has 0 aliphatic heterocycles. The van der Waals surface area contributed by atoms with Gasteiger partial charge in [0.25, 0.3) is 0 Å². The van der Waals surface area contributed by atoms with E-state index in [0.717, 1.165) is 17.8 Å². The number of nitrogens with zero attached hydrogens (tertiary/aromatic N) is 2. The van der Waals surface area contributed by atoms with E-state index in [9.17, 15) is 0 Å². The lowest BCUT2D eigenvalue weighted by molar-refractivity contribution is 1.07. The van der Waals surface area contributed by atoms with Crippen molar-refractivity contribution in [1.82, 2.24) is 9.97 Å². The molecule has 0 unspecified atom stereocenters. The highest BCUT2D eigenvalue weighted by Crippen LogP contribution is 2.17. The van der Waals surface area contributed by atoms with Gasteiger partial charge in [-0.2, -0.15) is 0 Å². The summed E-state index contributed by atoms with van der Waals surface area (Å²) in [7, 11) is 0. The van der Waals surface area contributed by atoms with Gasteiger partial charge in [-0.1, -0.05) is 11.6 Å². The lowest BCUT2D eigenvalue weighted by atomic mass is 10.1. The molecule has 17 heavy (non-hydrogen) atoms. The van der Waals surface area contributed by atoms with Crippen molar-refractivity contribution >= 4 is 17.3 Å². The van der Waals surface area contributed by atoms with Crippen LogP contribution < -0.4 is 5.32 Å². The van der Waals surface area contributed by atoms with E-state index in [-0.39, 0.29) is 0 Å². The van der Waals surface area contributed by atoms with Crippen LogP contribution in [0.25, 0.3) is 0 Å². The highest BCUT2D eigenvalue weighted by atomic mass is 35.5. The number of nitrogens with one attached hydrogen (secondary N) is 1. The van der Waals surface area contributed by atoms with Crippen LogP contribution in [0.5, 0.6) is 0 Å². The molecule has 0 bridgehead atoms. The summed E-state index contributed by atoms with van der Waals surface area (Å²) in [5, 5.41) is 3.86. The third-order valence-corrected chi connectivity index (χ3v) is 3.04. The van der Waals surface area contributed by atoms with E-state index in [4.69, 9.17) is 11.6 Å². The van der Waals surface area contributed by atoms with Crippen molar-refractivity contribution < 1.29 is 0 Å². The van der Waals surface area contributed by atoms with Crippen molar-refractivity contribution in [2.75, 3.05) is 5.32 Å². The van der Waals surface area contributed by atoms with Crippen molar-refractivity contribution in [3.8, 4) is 0 Å². The molecule has 0 amide bonds. The predicted molar refractivity (Wildman–Crippen MR) is 70.3 cm³/mol. The van der Waals surface area contributed by atoms with E-state index < -0.39 is 0 Å². The first-order valence-electron chi connectivity index (χ1n) is 5.42. The summed E-state index contributed by atoms with van der Waals surface area (Å²) in [5.41, 5.74) is 4.35. The molecule has 0 saturated heterocycles. The van der Waals surface area contributed by atoms with Crippen LogP contribution in [0.3, 0.4) is 0 Å². The second-order valence-corrected chi connectivity index (χ2v) is 4.35. The van der Waals surface area contributed by atoms with Crippen LogP contribution in [0.2, 0.25) is 5.15 Å². The van der Waals surface area contributed by atoms with Crippen molar-refractivity contribution in [3.05, 3.63) is 52.6 Å². The molecule has 1 N–H and O–H groups in total. The Morgan fingerprint density at radius 1 is 1.24 bits per heavy atom. The number of aromatic nitrogens is 2. The summed E-state index contributed by atoms with van der Waals surface area (Å²) < 4.78 is 0. The van der Waals surface area contributed by atoms with Crippen LogP contribution in [0.15, 0.2) is 30.7 Å². The standard InChI is InChI=1S/C13H14ClN3/c1-9-3-4-15-6-11(9)7-16-12-5-10(2)13(14)17-8-12/h3-6,8,16H,7H2,1-2H3. The lowest BCUT2D eigenvalue weighted by Gasteiger charge is -2.09. The Hall–Kier alpha value is -1.61. The maximum Gasteiger partial charge on any atom is 0.132 e. The molecule has 0 aliphatic carbocycles. The number of hydrogen-bond acceptors (Lipinski definition) is 3. The number of pyridine rings is 2. The first-order valence-corrected chi connectivity index (χ1v) is 5.80. The second kappa shape index (κ2) is 5.15. The van der Waals surface area contributed by atoms with Gasteiger partial charge in [0.1, 0.15) is 5.15 Å². The van der Waals surface area contributed by atoms with Crippen molar-refractivity contribution in [2.24, 2.45) is 0 Å². The second-order valence-electron chi connectivity index (χ2n) is 3.99. The van der Waals surface area contributed by atoms with E-state index in [1.54, 1.807) is 12.4 Å². The molecule has 2 aromatic rings. The van der Waals surface area contributed by atoms with Crippen molar-refractivity contribution in [3.63, 3.8) is 0 Å². The van der Waals surface area contributed by atoms with Crippen LogP contribution in [-0.2, 0) is 6.54 Å². The molecule has 0 fully saturated rings. The zero-order chi connectivity index (χ0) is 12.3. The lowest BCUT2D eigenvalue weighted by Crippen LogP contribution is -2.02. The van der Waals surface area contributed by atoms with Gasteiger partial charge < -0.3 is 5.32 Å². The van der Waals surface area contributed by atoms with Crippen LogP contribution in [0, 0.1) is 13.8 Å². The zero-order valence-corrected chi connectivity index (χ0v) is 10.6. The summed E-state index contributed by atoms with van der Waals surface area (Å²) >= 11 is 5.87. The molecule has 0 aliphatic rings. The average molecular weight is 248 g/mol. The van der Waals surface area contributed by atoms with Gasteiger partial charge in [0.2, 0.25) is 0 Å². The van der Waals surface area contributed by atoms with E-state index in [1.807, 2.05) is 25.3 Å². The third-order valence-electron chi connectivity index (χ3n) is 2.64. The highest BCUT2D eigenvalue weighted by molar-refractivity contribution is 6.30. The summed E-state index contributed by atoms with van der Waals surface area (Å²) in [5.74, 6) is 0. The molecule has 0 saturated carbocycles. The van der Waals surface area contributed by atoms with Gasteiger partial charge in [-0.3, -0.25) is 4.98 Å². The monoisotopic (exact) mass is 247 g/mol. The van der Waals surface area contributed by atoms with Gasteiger partial charge in [0.05, 0.1) is 11.9 Å². The maximum atomic E-state index is 5.87. The Bertz CT molecular complexity index is 526. The summed E-state index contributed by atoms with van der Waals surface area (Å²) in [6.07, 6.45) is 5.41. The molecule has 2 aromatic heterocycles. The maximum absolute atomic E-state index is 5.87. The molecule has 2 rings (SSSR count). The van der Waals surface area contributed by atoms with E-state index in [2.05, 4.69) is 22.2 Å². The minimum atomic E-state index is 0.549. The molecule has 2 heterocycles. The van der Waals surface area contributed by atoms with Crippen molar-refractivity contribution in [1.29, 1.82) is 0 Å². The molecule has 0 radical (unpaired) electrons. The highest BCUT2D eigenvalue weighted by Gasteiger charge is 2.00. The molecule has 88 valence electrons. The molecule has 0 atom stereocenters. The van der Waals surface area contributed by atoms with Gasteiger partial charge in [0.15, 0.2) is 0 Å². The third kappa shape index (κ3) is 2.94. The number of aryl methyl sites for hydroxylation is 2. The molecule has 0 spiro atoms. The Kier molecular flexibility index (Phi) is 3.59. The quantitative estimate of drug-likeness (QED) is 0.846. The topological polar surface area (TPSA) is 37.8 Å². The number of hydrogen-bond donors (Lipinski definition) is 1. The summed E-state index contributed by atoms with van der Waals surface area (Å²) in [6, 6.07) is 3.99. The molecular weight excluding hydrogens is 234 g/mol. The van der Waals surface area contributed by atoms with Gasteiger partial charge in [-0.05, 0) is 42.7 Å². The minimum Gasteiger partial charge on any atom is -0.380 e. The normalized spacial score (nSPS) is 10.3. The van der Waals surface area contributed by atoms with Gasteiger partial charge in [-0.25, -0.2) is 4.98 Å². The fraction of sp³-hybridized carbons (Fsp3) is 0.231. The van der Waals surface area contributed by atoms with Crippen LogP contribution in [-0.4, -0.2) is 9.97 Å². The van der Waals surface area contributed by atoms with Crippen LogP contribution in [0.4, 0.5) is 5.69 Å². The molecular formula is C13H14ClN3. The number of rotatable bonds is 3. The number of halogens is 1. The fourth-order valence-corrected chi connectivity index (χ4v) is 1.64.